The van der Waals surface area contributed by atoms with Crippen LogP contribution in [0.2, 0.25) is 0 Å². The molecule has 0 amide bonds. The minimum atomic E-state index is -1.20. The van der Waals surface area contributed by atoms with E-state index in [1.54, 1.807) is 0 Å². The number of hydrogen-bond acceptors (Lipinski definition) is 6. The van der Waals surface area contributed by atoms with E-state index in [0.29, 0.717) is 0 Å². The molecule has 120 valence electrons. The lowest BCUT2D eigenvalue weighted by Crippen LogP contribution is -2.38. The molecule has 1 saturated heterocycles. The first-order valence-corrected chi connectivity index (χ1v) is 6.44. The van der Waals surface area contributed by atoms with Crippen LogP contribution in [-0.2, 0) is 14.3 Å². The van der Waals surface area contributed by atoms with Crippen LogP contribution in [0.5, 0.6) is 0 Å². The van der Waals surface area contributed by atoms with E-state index < -0.39 is 54.0 Å². The van der Waals surface area contributed by atoms with E-state index in [-0.39, 0.29) is 0 Å². The minimum absolute atomic E-state index is 0.556. The Morgan fingerprint density at radius 1 is 1.59 bits per heavy atom. The van der Waals surface area contributed by atoms with Gasteiger partial charge in [0, 0.05) is 19.2 Å². The first-order valence-electron chi connectivity index (χ1n) is 6.44. The topological polar surface area (TPSA) is 111 Å². The maximum Gasteiger partial charge on any atom is 0.330 e. The van der Waals surface area contributed by atoms with Gasteiger partial charge >= 0.3 is 11.7 Å². The minimum Gasteiger partial charge on any atom is -0.457 e. The lowest BCUT2D eigenvalue weighted by atomic mass is 9.97. The van der Waals surface area contributed by atoms with Crippen LogP contribution in [0.1, 0.15) is 13.2 Å². The van der Waals surface area contributed by atoms with Gasteiger partial charge in [0.05, 0.1) is 18.6 Å². The van der Waals surface area contributed by atoms with Gasteiger partial charge in [0.25, 0.3) is 5.56 Å². The summed E-state index contributed by atoms with van der Waals surface area (Å²) in [6.07, 6.45) is -2.29. The number of rotatable bonds is 4. The first kappa shape index (κ1) is 16.1. The summed E-state index contributed by atoms with van der Waals surface area (Å²) < 4.78 is 25.1. The molecule has 8 nitrogen and oxygen atoms in total. The quantitative estimate of drug-likeness (QED) is 0.722. The van der Waals surface area contributed by atoms with Crippen molar-refractivity contribution >= 4 is 5.97 Å². The fraction of sp³-hybridized carbons (Fsp3) is 0.462. The van der Waals surface area contributed by atoms with Crippen molar-refractivity contribution in [2.24, 2.45) is 5.92 Å². The molecule has 22 heavy (non-hydrogen) atoms. The number of nitrogens with zero attached hydrogens (tertiary/aromatic N) is 1. The monoisotopic (exact) mass is 314 g/mol. The number of hydrogen-bond donors (Lipinski definition) is 2. The normalized spacial score (nSPS) is 27.6. The Morgan fingerprint density at radius 3 is 2.77 bits per heavy atom. The van der Waals surface area contributed by atoms with Gasteiger partial charge in [-0.3, -0.25) is 19.1 Å². The lowest BCUT2D eigenvalue weighted by Gasteiger charge is -2.22. The summed E-state index contributed by atoms with van der Waals surface area (Å²) >= 11 is 0. The Balaban J connectivity index is 2.47. The number of aliphatic hydroxyl groups excluding tert-OH is 1. The summed E-state index contributed by atoms with van der Waals surface area (Å²) in [5, 5.41) is 9.30. The predicted octanol–water partition coefficient (Wildman–Crippen LogP) is -0.543. The van der Waals surface area contributed by atoms with Crippen molar-refractivity contribution in [3.05, 3.63) is 45.5 Å². The van der Waals surface area contributed by atoms with E-state index in [0.717, 1.165) is 23.8 Å². The average molecular weight is 314 g/mol. The Hall–Kier alpha value is -2.26. The van der Waals surface area contributed by atoms with Gasteiger partial charge in [0.1, 0.15) is 5.83 Å². The zero-order valence-electron chi connectivity index (χ0n) is 11.7. The Bertz CT molecular complexity index is 696. The molecule has 0 aliphatic carbocycles. The third kappa shape index (κ3) is 3.00. The molecule has 4 atom stereocenters. The number of aromatic amines is 1. The highest BCUT2D eigenvalue weighted by molar-refractivity contribution is 5.66. The molecular weight excluding hydrogens is 299 g/mol. The third-order valence-electron chi connectivity index (χ3n) is 3.32. The maximum atomic E-state index is 13.7. The van der Waals surface area contributed by atoms with Gasteiger partial charge < -0.3 is 14.6 Å². The summed E-state index contributed by atoms with van der Waals surface area (Å²) in [4.78, 5) is 36.2. The zero-order valence-corrected chi connectivity index (χ0v) is 11.7. The molecule has 2 N–H and O–H groups in total. The van der Waals surface area contributed by atoms with Gasteiger partial charge in [-0.15, -0.1) is 0 Å². The molecule has 0 saturated carbocycles. The molecule has 0 spiro atoms. The van der Waals surface area contributed by atoms with Crippen LogP contribution in [0.4, 0.5) is 4.39 Å². The predicted molar refractivity (Wildman–Crippen MR) is 71.6 cm³/mol. The molecule has 1 aliphatic heterocycles. The van der Waals surface area contributed by atoms with Crippen LogP contribution in [0, 0.1) is 5.92 Å². The SMILES string of the molecule is C=C(F)C1C(CO)OC(n2ccc(=O)[nH]c2=O)C1OC(C)=O. The van der Waals surface area contributed by atoms with Crippen molar-refractivity contribution in [1.29, 1.82) is 0 Å². The summed E-state index contributed by atoms with van der Waals surface area (Å²) in [5.74, 6) is -2.68. The molecule has 2 heterocycles. The average Bonchev–Trinajstić information content (AvgIpc) is 2.76. The van der Waals surface area contributed by atoms with Gasteiger partial charge in [-0.1, -0.05) is 6.58 Å². The second-order valence-electron chi connectivity index (χ2n) is 4.81. The molecule has 1 fully saturated rings. The second kappa shape index (κ2) is 6.24. The fourth-order valence-corrected chi connectivity index (χ4v) is 2.44. The molecule has 9 heteroatoms. The van der Waals surface area contributed by atoms with Crippen molar-refractivity contribution in [2.75, 3.05) is 6.61 Å². The van der Waals surface area contributed by atoms with E-state index in [2.05, 4.69) is 6.58 Å². The number of halogens is 1. The van der Waals surface area contributed by atoms with Crippen LogP contribution < -0.4 is 11.2 Å². The number of carbonyl (C=O) groups excluding carboxylic acids is 1. The molecule has 0 radical (unpaired) electrons. The Morgan fingerprint density at radius 2 is 2.27 bits per heavy atom. The summed E-state index contributed by atoms with van der Waals surface area (Å²) in [5.41, 5.74) is -1.43. The number of aliphatic hydroxyl groups is 1. The van der Waals surface area contributed by atoms with Gasteiger partial charge in [0.2, 0.25) is 0 Å². The highest BCUT2D eigenvalue weighted by atomic mass is 19.1. The van der Waals surface area contributed by atoms with Crippen molar-refractivity contribution in [2.45, 2.75) is 25.4 Å². The second-order valence-corrected chi connectivity index (χ2v) is 4.81. The number of esters is 1. The molecule has 1 aromatic rings. The van der Waals surface area contributed by atoms with E-state index in [1.807, 2.05) is 4.98 Å². The number of carbonyl (C=O) groups is 1. The van der Waals surface area contributed by atoms with Gasteiger partial charge in [0.15, 0.2) is 12.3 Å². The van der Waals surface area contributed by atoms with E-state index in [9.17, 15) is 23.9 Å². The molecular formula is C13H15FN2O6. The largest absolute Gasteiger partial charge is 0.457 e. The maximum absolute atomic E-state index is 13.7. The standard InChI is InChI=1S/C13H15FN2O6/c1-6(14)10-8(5-17)22-12(11(10)21-7(2)18)16-4-3-9(19)15-13(16)20/h3-4,8,10-12,17H,1,5H2,2H3,(H,15,19,20). The van der Waals surface area contributed by atoms with Crippen LogP contribution >= 0.6 is 0 Å². The van der Waals surface area contributed by atoms with Gasteiger partial charge in [-0.2, -0.15) is 0 Å². The number of ether oxygens (including phenoxy) is 2. The molecule has 0 aromatic carbocycles. The smallest absolute Gasteiger partial charge is 0.330 e. The molecule has 1 aromatic heterocycles. The van der Waals surface area contributed by atoms with Gasteiger partial charge in [-0.05, 0) is 0 Å². The van der Waals surface area contributed by atoms with Crippen LogP contribution in [0.3, 0.4) is 0 Å². The number of nitrogens with one attached hydrogen (secondary N) is 1. The molecule has 4 unspecified atom stereocenters. The van der Waals surface area contributed by atoms with Crippen molar-refractivity contribution in [3.8, 4) is 0 Å². The van der Waals surface area contributed by atoms with Crippen molar-refractivity contribution in [1.82, 2.24) is 9.55 Å². The molecule has 0 bridgehead atoms. The summed E-state index contributed by atoms with van der Waals surface area (Å²) in [7, 11) is 0. The van der Waals surface area contributed by atoms with Crippen molar-refractivity contribution < 1.29 is 23.8 Å². The van der Waals surface area contributed by atoms with E-state index >= 15 is 0 Å². The summed E-state index contributed by atoms with van der Waals surface area (Å²) in [6, 6.07) is 1.07. The van der Waals surface area contributed by atoms with Crippen molar-refractivity contribution in [3.63, 3.8) is 0 Å². The van der Waals surface area contributed by atoms with Crippen LogP contribution in [-0.4, -0.2) is 39.4 Å². The van der Waals surface area contributed by atoms with Gasteiger partial charge in [-0.25, -0.2) is 9.18 Å². The number of H-pyrrole nitrogens is 1. The third-order valence-corrected chi connectivity index (χ3v) is 3.32. The van der Waals surface area contributed by atoms with Crippen LogP contribution in [0.25, 0.3) is 0 Å². The fourth-order valence-electron chi connectivity index (χ4n) is 2.44. The van der Waals surface area contributed by atoms with E-state index in [1.165, 1.54) is 0 Å². The van der Waals surface area contributed by atoms with Crippen LogP contribution in [0.15, 0.2) is 34.3 Å². The van der Waals surface area contributed by atoms with E-state index in [4.69, 9.17) is 9.47 Å². The molecule has 2 rings (SSSR count). The number of aromatic nitrogens is 2. The first-order chi connectivity index (χ1) is 10.3. The highest BCUT2D eigenvalue weighted by Gasteiger charge is 2.49. The highest BCUT2D eigenvalue weighted by Crippen LogP contribution is 2.39. The summed E-state index contributed by atoms with van der Waals surface area (Å²) in [6.45, 7) is 3.73. The zero-order chi connectivity index (χ0) is 16.4. The molecule has 1 aliphatic rings. The lowest BCUT2D eigenvalue weighted by molar-refractivity contribution is -0.153. The Kier molecular flexibility index (Phi) is 4.57. The Labute approximate surface area is 123 Å².